The number of hydrogen-bond acceptors (Lipinski definition) is 5. The first-order valence-corrected chi connectivity index (χ1v) is 5.79. The maximum absolute atomic E-state index is 5.85. The third-order valence-electron chi connectivity index (χ3n) is 2.79. The molecule has 0 radical (unpaired) electrons. The number of H-pyrrole nitrogens is 1. The molecule has 2 heterocycles. The van der Waals surface area contributed by atoms with Crippen LogP contribution in [0.3, 0.4) is 0 Å². The first-order chi connectivity index (χ1) is 7.79. The maximum Gasteiger partial charge on any atom is 0.244 e. The highest BCUT2D eigenvalue weighted by atomic mass is 16.5. The van der Waals surface area contributed by atoms with Gasteiger partial charge in [0.05, 0.1) is 0 Å². The molecule has 1 saturated heterocycles. The molecule has 6 nitrogen and oxygen atoms in total. The van der Waals surface area contributed by atoms with Crippen LogP contribution in [-0.2, 0) is 11.3 Å². The zero-order valence-corrected chi connectivity index (χ0v) is 9.65. The number of ether oxygens (including phenoxy) is 1. The number of nitrogens with one attached hydrogen (secondary N) is 1. The van der Waals surface area contributed by atoms with E-state index in [1.807, 2.05) is 6.92 Å². The molecule has 16 heavy (non-hydrogen) atoms. The topological polar surface area (TPSA) is 80.1 Å². The highest BCUT2D eigenvalue weighted by molar-refractivity contribution is 5.29. The summed E-state index contributed by atoms with van der Waals surface area (Å²) < 4.78 is 5.27. The second-order valence-corrected chi connectivity index (χ2v) is 4.04. The molecule has 0 bridgehead atoms. The van der Waals surface area contributed by atoms with Crippen LogP contribution in [0.25, 0.3) is 0 Å². The van der Waals surface area contributed by atoms with Gasteiger partial charge in [0.15, 0.2) is 5.82 Å². The summed E-state index contributed by atoms with van der Waals surface area (Å²) in [6.45, 7) is 5.02. The summed E-state index contributed by atoms with van der Waals surface area (Å²) in [5.41, 5.74) is 5.85. The van der Waals surface area contributed by atoms with Gasteiger partial charge >= 0.3 is 0 Å². The van der Waals surface area contributed by atoms with E-state index in [1.165, 1.54) is 0 Å². The van der Waals surface area contributed by atoms with Crippen LogP contribution >= 0.6 is 0 Å². The van der Waals surface area contributed by atoms with Crippen LogP contribution in [0.4, 0.5) is 5.95 Å². The third kappa shape index (κ3) is 2.70. The van der Waals surface area contributed by atoms with Crippen molar-refractivity contribution in [3.05, 3.63) is 5.82 Å². The lowest BCUT2D eigenvalue weighted by molar-refractivity contribution is 0.128. The molecule has 1 fully saturated rings. The number of anilines is 1. The van der Waals surface area contributed by atoms with Gasteiger partial charge in [-0.05, 0) is 19.8 Å². The van der Waals surface area contributed by atoms with Crippen molar-refractivity contribution in [2.75, 3.05) is 24.6 Å². The Hall–Kier alpha value is -1.14. The quantitative estimate of drug-likeness (QED) is 0.768. The summed E-state index contributed by atoms with van der Waals surface area (Å²) in [6, 6.07) is 0.332. The second-order valence-electron chi connectivity index (χ2n) is 4.04. The van der Waals surface area contributed by atoms with Gasteiger partial charge in [0.25, 0.3) is 0 Å². The summed E-state index contributed by atoms with van der Waals surface area (Å²) in [4.78, 5) is 6.55. The zero-order chi connectivity index (χ0) is 11.4. The molecule has 6 heteroatoms. The summed E-state index contributed by atoms with van der Waals surface area (Å²) in [5, 5.41) is 7.08. The Morgan fingerprint density at radius 1 is 1.50 bits per heavy atom. The van der Waals surface area contributed by atoms with Crippen LogP contribution in [0.1, 0.15) is 25.6 Å². The number of rotatable bonds is 4. The Labute approximate surface area is 95.2 Å². The van der Waals surface area contributed by atoms with E-state index < -0.39 is 0 Å². The average molecular weight is 225 g/mol. The molecule has 0 atom stereocenters. The first-order valence-electron chi connectivity index (χ1n) is 5.79. The molecule has 1 aromatic heterocycles. The van der Waals surface area contributed by atoms with Crippen molar-refractivity contribution < 1.29 is 4.74 Å². The van der Waals surface area contributed by atoms with Gasteiger partial charge in [0, 0.05) is 25.7 Å². The van der Waals surface area contributed by atoms with E-state index in [4.69, 9.17) is 10.5 Å². The number of nitrogens with two attached hydrogens (primary N) is 1. The van der Waals surface area contributed by atoms with E-state index in [0.717, 1.165) is 37.7 Å². The molecule has 3 N–H and O–H groups in total. The molecular weight excluding hydrogens is 206 g/mol. The molecule has 0 saturated carbocycles. The van der Waals surface area contributed by atoms with Crippen molar-refractivity contribution in [1.82, 2.24) is 15.2 Å². The Morgan fingerprint density at radius 3 is 2.94 bits per heavy atom. The fourth-order valence-electron chi connectivity index (χ4n) is 1.79. The first kappa shape index (κ1) is 11.3. The second kappa shape index (κ2) is 5.27. The number of aromatic amines is 1. The Bertz CT molecular complexity index is 319. The molecule has 1 aliphatic heterocycles. The minimum absolute atomic E-state index is 0.332. The third-order valence-corrected chi connectivity index (χ3v) is 2.79. The van der Waals surface area contributed by atoms with Crippen LogP contribution in [-0.4, -0.2) is 40.9 Å². The normalized spacial score (nSPS) is 18.0. The molecule has 0 aromatic carbocycles. The molecule has 90 valence electrons. The predicted molar refractivity (Wildman–Crippen MR) is 61.1 cm³/mol. The smallest absolute Gasteiger partial charge is 0.244 e. The van der Waals surface area contributed by atoms with Crippen molar-refractivity contribution in [2.45, 2.75) is 32.4 Å². The van der Waals surface area contributed by atoms with Crippen molar-refractivity contribution >= 4 is 5.95 Å². The molecule has 0 spiro atoms. The van der Waals surface area contributed by atoms with Gasteiger partial charge in [-0.15, -0.1) is 5.10 Å². The number of aromatic nitrogens is 3. The highest BCUT2D eigenvalue weighted by Gasteiger charge is 2.19. The van der Waals surface area contributed by atoms with E-state index in [1.54, 1.807) is 0 Å². The summed E-state index contributed by atoms with van der Waals surface area (Å²) in [7, 11) is 0. The molecule has 0 unspecified atom stereocenters. The fourth-order valence-corrected chi connectivity index (χ4v) is 1.79. The van der Waals surface area contributed by atoms with Crippen molar-refractivity contribution in [3.8, 4) is 0 Å². The molecular formula is C10H19N5O. The van der Waals surface area contributed by atoms with E-state index in [0.29, 0.717) is 19.3 Å². The molecule has 2 rings (SSSR count). The largest absolute Gasteiger partial charge is 0.374 e. The SMILES string of the molecule is CCOCc1nc(N2CCC(N)CC2)n[nH]1. The van der Waals surface area contributed by atoms with Crippen LogP contribution < -0.4 is 10.6 Å². The van der Waals surface area contributed by atoms with Gasteiger partial charge in [0.1, 0.15) is 6.61 Å². The van der Waals surface area contributed by atoms with Gasteiger partial charge in [0.2, 0.25) is 5.95 Å². The lowest BCUT2D eigenvalue weighted by Gasteiger charge is -2.28. The molecule has 1 aliphatic rings. The van der Waals surface area contributed by atoms with E-state index in [2.05, 4.69) is 20.1 Å². The fraction of sp³-hybridized carbons (Fsp3) is 0.800. The van der Waals surface area contributed by atoms with Gasteiger partial charge in [-0.25, -0.2) is 0 Å². The maximum atomic E-state index is 5.85. The van der Waals surface area contributed by atoms with Gasteiger partial charge < -0.3 is 15.4 Å². The standard InChI is InChI=1S/C10H19N5O/c1-2-16-7-9-12-10(14-13-9)15-5-3-8(11)4-6-15/h8H,2-7,11H2,1H3,(H,12,13,14). The molecule has 0 aliphatic carbocycles. The van der Waals surface area contributed by atoms with Crippen molar-refractivity contribution in [1.29, 1.82) is 0 Å². The van der Waals surface area contributed by atoms with Crippen LogP contribution in [0.15, 0.2) is 0 Å². The summed E-state index contributed by atoms with van der Waals surface area (Å²) in [6.07, 6.45) is 2.02. The van der Waals surface area contributed by atoms with E-state index >= 15 is 0 Å². The lowest BCUT2D eigenvalue weighted by Crippen LogP contribution is -2.40. The van der Waals surface area contributed by atoms with E-state index in [-0.39, 0.29) is 0 Å². The number of hydrogen-bond donors (Lipinski definition) is 2. The number of nitrogens with zero attached hydrogens (tertiary/aromatic N) is 3. The van der Waals surface area contributed by atoms with Gasteiger partial charge in [-0.2, -0.15) is 4.98 Å². The summed E-state index contributed by atoms with van der Waals surface area (Å²) >= 11 is 0. The average Bonchev–Trinajstić information content (AvgIpc) is 2.76. The molecule has 0 amide bonds. The highest BCUT2D eigenvalue weighted by Crippen LogP contribution is 2.14. The van der Waals surface area contributed by atoms with Gasteiger partial charge in [-0.3, -0.25) is 5.10 Å². The lowest BCUT2D eigenvalue weighted by atomic mass is 10.1. The molecule has 1 aromatic rings. The number of piperidine rings is 1. The van der Waals surface area contributed by atoms with Crippen molar-refractivity contribution in [3.63, 3.8) is 0 Å². The Morgan fingerprint density at radius 2 is 2.25 bits per heavy atom. The minimum atomic E-state index is 0.332. The van der Waals surface area contributed by atoms with Crippen LogP contribution in [0, 0.1) is 0 Å². The van der Waals surface area contributed by atoms with Crippen LogP contribution in [0.2, 0.25) is 0 Å². The van der Waals surface area contributed by atoms with Crippen molar-refractivity contribution in [2.24, 2.45) is 5.73 Å². The minimum Gasteiger partial charge on any atom is -0.374 e. The Kier molecular flexibility index (Phi) is 3.74. The van der Waals surface area contributed by atoms with E-state index in [9.17, 15) is 0 Å². The zero-order valence-electron chi connectivity index (χ0n) is 9.65. The van der Waals surface area contributed by atoms with Crippen LogP contribution in [0.5, 0.6) is 0 Å². The Balaban J connectivity index is 1.91. The predicted octanol–water partition coefficient (Wildman–Crippen LogP) is 0.269. The summed E-state index contributed by atoms with van der Waals surface area (Å²) in [5.74, 6) is 1.55. The monoisotopic (exact) mass is 225 g/mol. The van der Waals surface area contributed by atoms with Gasteiger partial charge in [-0.1, -0.05) is 0 Å².